The molecule has 5 heteroatoms. The van der Waals surface area contributed by atoms with Crippen molar-refractivity contribution in [1.82, 2.24) is 15.0 Å². The predicted molar refractivity (Wildman–Crippen MR) is 227 cm³/mol. The highest BCUT2D eigenvalue weighted by Crippen LogP contribution is 2.37. The van der Waals surface area contributed by atoms with Gasteiger partial charge in [-0.15, -0.1) is 0 Å². The molecular weight excluding hydrogens is 687 g/mol. The molecule has 0 spiro atoms. The van der Waals surface area contributed by atoms with Crippen LogP contribution in [0.1, 0.15) is 17.8 Å². The van der Waals surface area contributed by atoms with E-state index in [0.717, 1.165) is 22.3 Å². The predicted octanol–water partition coefficient (Wildman–Crippen LogP) is 13.7. The average molecular weight is 731 g/mol. The van der Waals surface area contributed by atoms with Crippen LogP contribution in [0.5, 0.6) is 0 Å². The molecule has 0 amide bonds. The van der Waals surface area contributed by atoms with Crippen LogP contribution in [0.4, 0.5) is 0 Å². The molecule has 0 aliphatic carbocycles. The van der Waals surface area contributed by atoms with E-state index >= 15 is 0 Å². The maximum Gasteiger partial charge on any atom is 0.164 e. The average Bonchev–Trinajstić information content (AvgIpc) is 3.99. The van der Waals surface area contributed by atoms with Crippen LogP contribution in [-0.4, -0.2) is 15.0 Å². The van der Waals surface area contributed by atoms with Crippen LogP contribution in [0.25, 0.3) is 111 Å². The van der Waals surface area contributed by atoms with Gasteiger partial charge in [-0.25, -0.2) is 15.0 Å². The van der Waals surface area contributed by atoms with Crippen molar-refractivity contribution < 1.29 is 26.7 Å². The van der Waals surface area contributed by atoms with Crippen molar-refractivity contribution in [3.8, 4) is 67.5 Å². The fourth-order valence-electron chi connectivity index (χ4n) is 6.74. The van der Waals surface area contributed by atoms with Gasteiger partial charge in [0.15, 0.2) is 17.5 Å². The Morgan fingerprint density at radius 2 is 0.768 bits per heavy atom. The fourth-order valence-corrected chi connectivity index (χ4v) is 6.74. The number of fused-ring (bicyclic) bond motifs is 6. The van der Waals surface area contributed by atoms with Crippen molar-refractivity contribution in [3.05, 3.63) is 188 Å². The molecule has 0 radical (unpaired) electrons. The van der Waals surface area contributed by atoms with E-state index in [0.29, 0.717) is 11.1 Å². The van der Waals surface area contributed by atoms with Crippen molar-refractivity contribution in [3.63, 3.8) is 0 Å². The largest absolute Gasteiger partial charge is 0.456 e. The van der Waals surface area contributed by atoms with Gasteiger partial charge in [0.25, 0.3) is 0 Å². The summed E-state index contributed by atoms with van der Waals surface area (Å²) >= 11 is 0. The van der Waals surface area contributed by atoms with Gasteiger partial charge in [0.2, 0.25) is 0 Å². The number of hydrogen-bond donors (Lipinski definition) is 0. The Morgan fingerprint density at radius 1 is 0.321 bits per heavy atom. The first-order valence-corrected chi connectivity index (χ1v) is 17.6. The van der Waals surface area contributed by atoms with Gasteiger partial charge in [0, 0.05) is 38.2 Å². The van der Waals surface area contributed by atoms with E-state index in [1.807, 2.05) is 109 Å². The highest BCUT2D eigenvalue weighted by atomic mass is 16.3. The lowest BCUT2D eigenvalue weighted by atomic mass is 10.0. The Morgan fingerprint density at radius 3 is 1.36 bits per heavy atom. The quantitative estimate of drug-likeness (QED) is 0.170. The topological polar surface area (TPSA) is 65.0 Å². The second-order valence-electron chi connectivity index (χ2n) is 13.0. The summed E-state index contributed by atoms with van der Waals surface area (Å²) in [5, 5.41) is -0.961. The molecular formula is C51H31N3O2. The zero-order valence-electron chi connectivity index (χ0n) is 42.1. The number of aromatic nitrogens is 3. The van der Waals surface area contributed by atoms with Gasteiger partial charge in [-0.2, -0.15) is 0 Å². The number of nitrogens with zero attached hydrogens (tertiary/aromatic N) is 3. The van der Waals surface area contributed by atoms with E-state index in [-0.39, 0.29) is 66.9 Å². The van der Waals surface area contributed by atoms with Crippen molar-refractivity contribution in [1.29, 1.82) is 0 Å². The monoisotopic (exact) mass is 730 g/mol. The Labute approximate surface area is 340 Å². The Hall–Kier alpha value is -7.63. The minimum atomic E-state index is -0.686. The lowest BCUT2D eigenvalue weighted by Gasteiger charge is -2.10. The zero-order chi connectivity index (χ0) is 48.3. The zero-order valence-corrected chi connectivity index (χ0v) is 29.1. The standard InChI is InChI=1S/C51H31N3O2/c1-3-11-32(12-4-1)34-15-9-17-38(27-34)49-52-50(39-18-10-16-35(28-39)33-13-5-2-6-14-33)54-51(53-49)40-21-24-42-44-30-37(23-26-47(44)56-48(42)31-40)36-22-25-46-43(29-36)41-19-7-8-20-45(41)55-46/h1-31H/i7D,8D,19D,20D,21D,22D,23D,24D,25D,26D,29D,30D,31D. The molecule has 3 aromatic heterocycles. The molecule has 0 fully saturated rings. The summed E-state index contributed by atoms with van der Waals surface area (Å²) in [5.41, 5.74) is 2.31. The van der Waals surface area contributed by atoms with Gasteiger partial charge >= 0.3 is 0 Å². The molecule has 11 rings (SSSR count). The van der Waals surface area contributed by atoms with Crippen molar-refractivity contribution in [2.75, 3.05) is 0 Å². The Bertz CT molecular complexity index is 3910. The number of benzene rings is 8. The Balaban J connectivity index is 1.15. The molecule has 0 saturated carbocycles. The van der Waals surface area contributed by atoms with Crippen LogP contribution in [0.3, 0.4) is 0 Å². The minimum Gasteiger partial charge on any atom is -0.456 e. The molecule has 0 N–H and O–H groups in total. The van der Waals surface area contributed by atoms with Gasteiger partial charge in [-0.3, -0.25) is 0 Å². The second kappa shape index (κ2) is 13.0. The smallest absolute Gasteiger partial charge is 0.164 e. The van der Waals surface area contributed by atoms with E-state index in [9.17, 15) is 6.85 Å². The van der Waals surface area contributed by atoms with Crippen molar-refractivity contribution in [2.24, 2.45) is 0 Å². The number of para-hydroxylation sites is 1. The van der Waals surface area contributed by atoms with Crippen LogP contribution in [0, 0.1) is 0 Å². The summed E-state index contributed by atoms with van der Waals surface area (Å²) in [5.74, 6) is 0.291. The molecule has 0 aliphatic rings. The van der Waals surface area contributed by atoms with Gasteiger partial charge < -0.3 is 8.83 Å². The normalized spacial score (nSPS) is 14.8. The molecule has 5 nitrogen and oxygen atoms in total. The SMILES string of the molecule is [2H]c1c([2H])c([2H])c2c(oc3c([2H])c([2H])c(-c4c([2H])c([2H])c5oc6c([2H])c(-c7nc(-c8cccc(-c9ccccc9)c8)nc(-c8cccc(-c9ccccc9)c8)n7)c([2H])c([2H])c6c5c4[2H])c([2H])c32)c1[2H]. The second-order valence-corrected chi connectivity index (χ2v) is 13.0. The van der Waals surface area contributed by atoms with E-state index in [4.69, 9.17) is 34.8 Å². The van der Waals surface area contributed by atoms with Gasteiger partial charge in [0.05, 0.1) is 17.8 Å². The lowest BCUT2D eigenvalue weighted by Crippen LogP contribution is -2.00. The molecule has 262 valence electrons. The Kier molecular flexibility index (Phi) is 4.96. The molecule has 56 heavy (non-hydrogen) atoms. The van der Waals surface area contributed by atoms with E-state index in [2.05, 4.69) is 0 Å². The molecule has 0 saturated heterocycles. The third-order valence-electron chi connectivity index (χ3n) is 9.46. The minimum absolute atomic E-state index is 0.130. The van der Waals surface area contributed by atoms with E-state index in [1.165, 1.54) is 0 Å². The highest BCUT2D eigenvalue weighted by Gasteiger charge is 2.17. The van der Waals surface area contributed by atoms with Crippen LogP contribution in [0.15, 0.2) is 197 Å². The summed E-state index contributed by atoms with van der Waals surface area (Å²) < 4.78 is 129. The van der Waals surface area contributed by atoms with Gasteiger partial charge in [-0.1, -0.05) is 133 Å². The summed E-state index contributed by atoms with van der Waals surface area (Å²) in [4.78, 5) is 14.6. The van der Waals surface area contributed by atoms with Crippen molar-refractivity contribution in [2.45, 2.75) is 0 Å². The third-order valence-corrected chi connectivity index (χ3v) is 9.46. The summed E-state index contributed by atoms with van der Waals surface area (Å²) in [6.07, 6.45) is 0. The maximum atomic E-state index is 9.59. The first kappa shape index (κ1) is 21.3. The van der Waals surface area contributed by atoms with E-state index in [1.54, 1.807) is 0 Å². The number of furan rings is 2. The molecule has 11 aromatic rings. The van der Waals surface area contributed by atoms with Crippen LogP contribution < -0.4 is 0 Å². The molecule has 0 aliphatic heterocycles. The van der Waals surface area contributed by atoms with Gasteiger partial charge in [-0.05, 0) is 87.8 Å². The summed E-state index contributed by atoms with van der Waals surface area (Å²) in [7, 11) is 0. The maximum absolute atomic E-state index is 9.59. The van der Waals surface area contributed by atoms with Crippen LogP contribution in [-0.2, 0) is 0 Å². The summed E-state index contributed by atoms with van der Waals surface area (Å²) in [6.45, 7) is 0. The first-order valence-electron chi connectivity index (χ1n) is 24.1. The van der Waals surface area contributed by atoms with Crippen LogP contribution >= 0.6 is 0 Å². The lowest BCUT2D eigenvalue weighted by molar-refractivity contribution is 0.668. The molecule has 0 atom stereocenters. The number of rotatable bonds is 6. The highest BCUT2D eigenvalue weighted by molar-refractivity contribution is 6.09. The third kappa shape index (κ3) is 5.62. The van der Waals surface area contributed by atoms with E-state index < -0.39 is 89.7 Å². The van der Waals surface area contributed by atoms with Crippen LogP contribution in [0.2, 0.25) is 0 Å². The number of hydrogen-bond acceptors (Lipinski definition) is 5. The molecule has 3 heterocycles. The molecule has 0 bridgehead atoms. The molecule has 0 unspecified atom stereocenters. The first-order chi connectivity index (χ1) is 33.2. The summed E-state index contributed by atoms with van der Waals surface area (Å²) in [6, 6.07) is 26.9. The fraction of sp³-hybridized carbons (Fsp3) is 0. The van der Waals surface area contributed by atoms with Gasteiger partial charge in [0.1, 0.15) is 22.3 Å². The van der Waals surface area contributed by atoms with Crippen molar-refractivity contribution >= 4 is 43.9 Å². The molecule has 8 aromatic carbocycles.